The molecule has 0 saturated heterocycles. The fraction of sp³-hybridized carbons (Fsp3) is 0.478. The Labute approximate surface area is 320 Å². The molecule has 6 rings (SSSR count). The van der Waals surface area contributed by atoms with Crippen LogP contribution in [0, 0.1) is 38.0 Å². The molecule has 0 bridgehead atoms. The van der Waals surface area contributed by atoms with E-state index >= 15 is 0 Å². The monoisotopic (exact) mass is 732 g/mol. The van der Waals surface area contributed by atoms with Crippen LogP contribution in [0.2, 0.25) is 0 Å². The predicted octanol–water partition coefficient (Wildman–Crippen LogP) is 13.9. The smallest absolute Gasteiger partial charge is 0.269 e. The Morgan fingerprint density at radius 3 is 1.30 bits per heavy atom. The van der Waals surface area contributed by atoms with Gasteiger partial charge in [0.1, 0.15) is 23.0 Å². The molecule has 8 nitrogen and oxygen atoms in total. The van der Waals surface area contributed by atoms with Crippen molar-refractivity contribution in [2.24, 2.45) is 17.8 Å². The maximum absolute atomic E-state index is 11.1. The fourth-order valence-electron chi connectivity index (χ4n) is 9.09. The molecule has 0 atom stereocenters. The van der Waals surface area contributed by atoms with Gasteiger partial charge in [0, 0.05) is 29.7 Å². The van der Waals surface area contributed by atoms with Crippen LogP contribution in [0.3, 0.4) is 0 Å². The zero-order valence-electron chi connectivity index (χ0n) is 31.8. The zero-order chi connectivity index (χ0) is 37.8. The van der Waals surface area contributed by atoms with E-state index < -0.39 is 9.85 Å². The summed E-state index contributed by atoms with van der Waals surface area (Å²) >= 11 is 0. The molecule has 2 aliphatic rings. The number of nitro groups is 2. The lowest BCUT2D eigenvalue weighted by molar-refractivity contribution is -0.385. The zero-order valence-corrected chi connectivity index (χ0v) is 31.8. The second-order valence-electron chi connectivity index (χ2n) is 15.7. The number of non-ortho nitro benzene ring substituents is 2. The Balaban J connectivity index is 1.10. The third-order valence-corrected chi connectivity index (χ3v) is 12.3. The average molecular weight is 733 g/mol. The van der Waals surface area contributed by atoms with E-state index in [0.29, 0.717) is 23.0 Å². The first-order valence-corrected chi connectivity index (χ1v) is 20.4. The Morgan fingerprint density at radius 1 is 0.519 bits per heavy atom. The summed E-state index contributed by atoms with van der Waals surface area (Å²) in [5.41, 5.74) is 2.44. The quantitative estimate of drug-likeness (QED) is 0.0573. The molecular weight excluding hydrogens is 677 g/mol. The van der Waals surface area contributed by atoms with E-state index in [0.717, 1.165) is 30.6 Å². The van der Waals surface area contributed by atoms with E-state index in [-0.39, 0.29) is 16.8 Å². The molecule has 0 unspecified atom stereocenters. The van der Waals surface area contributed by atoms with E-state index in [4.69, 9.17) is 9.47 Å². The Morgan fingerprint density at radius 2 is 0.889 bits per heavy atom. The van der Waals surface area contributed by atoms with E-state index in [1.807, 2.05) is 24.3 Å². The highest BCUT2D eigenvalue weighted by Gasteiger charge is 2.41. The summed E-state index contributed by atoms with van der Waals surface area (Å²) in [7, 11) is 0. The molecule has 4 aromatic rings. The molecule has 0 radical (unpaired) electrons. The van der Waals surface area contributed by atoms with Gasteiger partial charge in [-0.1, -0.05) is 102 Å². The first-order chi connectivity index (χ1) is 26.3. The van der Waals surface area contributed by atoms with Crippen molar-refractivity contribution < 1.29 is 19.3 Å². The van der Waals surface area contributed by atoms with Gasteiger partial charge in [0.05, 0.1) is 9.85 Å². The average Bonchev–Trinajstić information content (AvgIpc) is 3.20. The fourth-order valence-corrected chi connectivity index (χ4v) is 9.09. The molecule has 2 fully saturated rings. The van der Waals surface area contributed by atoms with Gasteiger partial charge in [0.2, 0.25) is 0 Å². The number of nitro benzene ring substituents is 2. The Hall–Kier alpha value is -4.72. The first-order valence-electron chi connectivity index (χ1n) is 20.4. The van der Waals surface area contributed by atoms with Crippen molar-refractivity contribution >= 4 is 11.4 Å². The number of nitrogens with zero attached hydrogens (tertiary/aromatic N) is 2. The summed E-state index contributed by atoms with van der Waals surface area (Å²) in [6.45, 7) is 2.29. The van der Waals surface area contributed by atoms with Crippen molar-refractivity contribution in [3.63, 3.8) is 0 Å². The highest BCUT2D eigenvalue weighted by atomic mass is 16.6. The van der Waals surface area contributed by atoms with Crippen LogP contribution < -0.4 is 9.47 Å². The molecule has 2 saturated carbocycles. The minimum atomic E-state index is -0.412. The second kappa shape index (κ2) is 19.0. The molecule has 2 aliphatic carbocycles. The Kier molecular flexibility index (Phi) is 13.7. The Bertz CT molecular complexity index is 1650. The van der Waals surface area contributed by atoms with Gasteiger partial charge in [-0.15, -0.1) is 0 Å². The molecule has 8 heteroatoms. The first kappa shape index (κ1) is 39.0. The van der Waals surface area contributed by atoms with Crippen LogP contribution in [0.25, 0.3) is 0 Å². The molecule has 0 aliphatic heterocycles. The van der Waals surface area contributed by atoms with Crippen LogP contribution in [0.15, 0.2) is 97.1 Å². The van der Waals surface area contributed by atoms with E-state index in [1.54, 1.807) is 24.3 Å². The third kappa shape index (κ3) is 10.3. The molecular formula is C46H56N2O6. The minimum Gasteiger partial charge on any atom is -0.457 e. The van der Waals surface area contributed by atoms with Gasteiger partial charge < -0.3 is 9.47 Å². The molecule has 286 valence electrons. The lowest BCUT2D eigenvalue weighted by Crippen LogP contribution is -2.35. The number of unbranched alkanes of at least 4 members (excludes halogenated alkanes) is 7. The van der Waals surface area contributed by atoms with Crippen LogP contribution in [-0.4, -0.2) is 9.85 Å². The second-order valence-corrected chi connectivity index (χ2v) is 15.7. The molecule has 54 heavy (non-hydrogen) atoms. The van der Waals surface area contributed by atoms with E-state index in [1.165, 1.54) is 132 Å². The summed E-state index contributed by atoms with van der Waals surface area (Å²) < 4.78 is 12.1. The standard InChI is InChI=1S/C46H56N2O6/c1-2-3-4-5-6-7-8-9-10-35-11-13-36(14-12-35)37-31-33-46(34-32-37,38-15-23-42(24-16-38)53-44-27-19-40(20-28-44)47(49)50)39-17-25-43(26-18-39)54-45-29-21-41(22-30-45)48(51)52/h15-30,35-37H,2-14,31-34H2,1H3. The van der Waals surface area contributed by atoms with Gasteiger partial charge in [-0.3, -0.25) is 20.2 Å². The van der Waals surface area contributed by atoms with Crippen molar-refractivity contribution in [2.75, 3.05) is 0 Å². The van der Waals surface area contributed by atoms with Gasteiger partial charge in [0.15, 0.2) is 0 Å². The van der Waals surface area contributed by atoms with Crippen molar-refractivity contribution in [1.29, 1.82) is 0 Å². The highest BCUT2D eigenvalue weighted by Crippen LogP contribution is 2.51. The summed E-state index contributed by atoms with van der Waals surface area (Å²) in [6, 6.07) is 29.0. The van der Waals surface area contributed by atoms with Gasteiger partial charge >= 0.3 is 0 Å². The lowest BCUT2D eigenvalue weighted by atomic mass is 9.60. The summed E-state index contributed by atoms with van der Waals surface area (Å²) in [4.78, 5) is 21.3. The van der Waals surface area contributed by atoms with Gasteiger partial charge in [-0.2, -0.15) is 0 Å². The van der Waals surface area contributed by atoms with E-state index in [2.05, 4.69) is 31.2 Å². The predicted molar refractivity (Wildman–Crippen MR) is 215 cm³/mol. The number of hydrogen-bond donors (Lipinski definition) is 0. The maximum Gasteiger partial charge on any atom is 0.269 e. The largest absolute Gasteiger partial charge is 0.457 e. The number of ether oxygens (including phenoxy) is 2. The highest BCUT2D eigenvalue weighted by molar-refractivity contribution is 5.46. The van der Waals surface area contributed by atoms with Gasteiger partial charge in [-0.05, 0) is 116 Å². The number of benzene rings is 4. The molecule has 0 aromatic heterocycles. The topological polar surface area (TPSA) is 105 Å². The van der Waals surface area contributed by atoms with Crippen LogP contribution in [0.1, 0.15) is 127 Å². The number of rotatable bonds is 18. The lowest BCUT2D eigenvalue weighted by Gasteiger charge is -2.44. The SMILES string of the molecule is CCCCCCCCCCC1CCC(C2CCC(c3ccc(Oc4ccc([N+](=O)[O-])cc4)cc3)(c3ccc(Oc4ccc([N+](=O)[O-])cc4)cc3)CC2)CC1. The van der Waals surface area contributed by atoms with Crippen molar-refractivity contribution in [1.82, 2.24) is 0 Å². The summed E-state index contributed by atoms with van der Waals surface area (Å²) in [5.74, 6) is 4.99. The molecule has 0 heterocycles. The number of hydrogen-bond acceptors (Lipinski definition) is 6. The van der Waals surface area contributed by atoms with Crippen LogP contribution in [-0.2, 0) is 5.41 Å². The van der Waals surface area contributed by atoms with Crippen LogP contribution in [0.4, 0.5) is 11.4 Å². The minimum absolute atomic E-state index is 0.0336. The van der Waals surface area contributed by atoms with Gasteiger partial charge in [-0.25, -0.2) is 0 Å². The van der Waals surface area contributed by atoms with E-state index in [9.17, 15) is 20.2 Å². The molecule has 0 N–H and O–H groups in total. The van der Waals surface area contributed by atoms with Gasteiger partial charge in [0.25, 0.3) is 11.4 Å². The maximum atomic E-state index is 11.1. The third-order valence-electron chi connectivity index (χ3n) is 12.3. The van der Waals surface area contributed by atoms with Crippen molar-refractivity contribution in [3.8, 4) is 23.0 Å². The van der Waals surface area contributed by atoms with Crippen molar-refractivity contribution in [2.45, 2.75) is 121 Å². The summed E-state index contributed by atoms with van der Waals surface area (Å²) in [6.07, 6.45) is 22.7. The molecule has 4 aromatic carbocycles. The van der Waals surface area contributed by atoms with Crippen LogP contribution in [0.5, 0.6) is 23.0 Å². The summed E-state index contributed by atoms with van der Waals surface area (Å²) in [5, 5.41) is 22.2. The normalized spacial score (nSPS) is 18.5. The van der Waals surface area contributed by atoms with Crippen LogP contribution >= 0.6 is 0 Å². The molecule has 0 amide bonds. The van der Waals surface area contributed by atoms with Crippen molar-refractivity contribution in [3.05, 3.63) is 128 Å². The molecule has 0 spiro atoms.